The van der Waals surface area contributed by atoms with E-state index in [1.54, 1.807) is 0 Å². The van der Waals surface area contributed by atoms with Crippen molar-refractivity contribution in [1.29, 1.82) is 0 Å². The molecule has 1 aliphatic heterocycles. The van der Waals surface area contributed by atoms with Gasteiger partial charge in [-0.25, -0.2) is 4.99 Å². The number of para-hydroxylation sites is 1. The van der Waals surface area contributed by atoms with E-state index >= 15 is 0 Å². The number of ether oxygens (including phenoxy) is 1. The predicted octanol–water partition coefficient (Wildman–Crippen LogP) is 4.04. The summed E-state index contributed by atoms with van der Waals surface area (Å²) in [6.07, 6.45) is 1.84. The molecule has 31 heavy (non-hydrogen) atoms. The molecule has 2 aromatic heterocycles. The Morgan fingerprint density at radius 2 is 2.00 bits per heavy atom. The summed E-state index contributed by atoms with van der Waals surface area (Å²) in [5.41, 5.74) is 2.15. The number of rotatable bonds is 7. The number of thiophene rings is 1. The molecule has 1 unspecified atom stereocenters. The van der Waals surface area contributed by atoms with Gasteiger partial charge in [0.2, 0.25) is 0 Å². The van der Waals surface area contributed by atoms with Gasteiger partial charge in [0.15, 0.2) is 5.96 Å². The smallest absolute Gasteiger partial charge is 0.191 e. The fourth-order valence-corrected chi connectivity index (χ4v) is 4.63. The van der Waals surface area contributed by atoms with Crippen LogP contribution in [-0.2, 0) is 11.3 Å². The number of fused-ring (bicyclic) bond motifs is 1. The molecule has 2 N–H and O–H groups in total. The first-order chi connectivity index (χ1) is 14.8. The van der Waals surface area contributed by atoms with Gasteiger partial charge in [0.1, 0.15) is 0 Å². The first kappa shape index (κ1) is 23.9. The molecule has 1 fully saturated rings. The molecule has 6 nitrogen and oxygen atoms in total. The van der Waals surface area contributed by atoms with Gasteiger partial charge in [-0.15, -0.1) is 35.3 Å². The molecule has 3 aromatic rings. The zero-order valence-corrected chi connectivity index (χ0v) is 20.9. The summed E-state index contributed by atoms with van der Waals surface area (Å²) in [6.45, 7) is 7.81. The van der Waals surface area contributed by atoms with E-state index in [1.165, 1.54) is 4.88 Å². The Morgan fingerprint density at radius 3 is 2.77 bits per heavy atom. The standard InChI is InChI=1S/C23H29N5OS.HI/c1-2-24-23(26-16-19-7-3-6-18-8-4-10-25-22(18)19)27-17-20(21-9-5-15-30-21)28-11-13-29-14-12-28;/h3-10,15,20H,2,11-14,16-17H2,1H3,(H2,24,26,27);1H. The third kappa shape index (κ3) is 6.38. The molecule has 1 aromatic carbocycles. The quantitative estimate of drug-likeness (QED) is 0.264. The molecular weight excluding hydrogens is 521 g/mol. The average Bonchev–Trinajstić information content (AvgIpc) is 3.33. The number of nitrogens with one attached hydrogen (secondary N) is 2. The van der Waals surface area contributed by atoms with Gasteiger partial charge >= 0.3 is 0 Å². The van der Waals surface area contributed by atoms with E-state index in [0.717, 1.165) is 61.8 Å². The van der Waals surface area contributed by atoms with Crippen LogP contribution < -0.4 is 10.6 Å². The van der Waals surface area contributed by atoms with Gasteiger partial charge in [0.05, 0.1) is 31.3 Å². The molecule has 1 aliphatic rings. The summed E-state index contributed by atoms with van der Waals surface area (Å²) in [5, 5.41) is 10.2. The summed E-state index contributed by atoms with van der Waals surface area (Å²) in [5.74, 6) is 0.834. The summed E-state index contributed by atoms with van der Waals surface area (Å²) < 4.78 is 5.55. The van der Waals surface area contributed by atoms with Gasteiger partial charge in [-0.3, -0.25) is 9.88 Å². The molecule has 1 saturated heterocycles. The number of aromatic nitrogens is 1. The Hall–Kier alpha value is -1.75. The van der Waals surface area contributed by atoms with E-state index in [9.17, 15) is 0 Å². The number of hydrogen-bond donors (Lipinski definition) is 2. The van der Waals surface area contributed by atoms with Crippen LogP contribution in [0.5, 0.6) is 0 Å². The van der Waals surface area contributed by atoms with Gasteiger partial charge in [0, 0.05) is 42.6 Å². The van der Waals surface area contributed by atoms with Gasteiger partial charge in [-0.2, -0.15) is 0 Å². The zero-order chi connectivity index (χ0) is 20.6. The van der Waals surface area contributed by atoms with Crippen LogP contribution in [0.4, 0.5) is 0 Å². The second kappa shape index (κ2) is 12.3. The van der Waals surface area contributed by atoms with E-state index in [0.29, 0.717) is 12.6 Å². The molecule has 0 saturated carbocycles. The third-order valence-corrected chi connectivity index (χ3v) is 6.26. The Balaban J connectivity index is 0.00000272. The van der Waals surface area contributed by atoms with Crippen molar-refractivity contribution in [3.05, 3.63) is 64.5 Å². The van der Waals surface area contributed by atoms with Crippen LogP contribution in [0, 0.1) is 0 Å². The van der Waals surface area contributed by atoms with Crippen LogP contribution in [0.25, 0.3) is 10.9 Å². The van der Waals surface area contributed by atoms with E-state index in [1.807, 2.05) is 23.6 Å². The molecule has 0 aliphatic carbocycles. The largest absolute Gasteiger partial charge is 0.379 e. The molecule has 1 atom stereocenters. The highest BCUT2D eigenvalue weighted by atomic mass is 127. The zero-order valence-electron chi connectivity index (χ0n) is 17.8. The maximum absolute atomic E-state index is 5.55. The number of halogens is 1. The minimum Gasteiger partial charge on any atom is -0.379 e. The van der Waals surface area contributed by atoms with Crippen molar-refractivity contribution < 1.29 is 4.74 Å². The van der Waals surface area contributed by atoms with Crippen LogP contribution >= 0.6 is 35.3 Å². The number of aliphatic imine (C=N–C) groups is 1. The van der Waals surface area contributed by atoms with E-state index in [-0.39, 0.29) is 24.0 Å². The highest BCUT2D eigenvalue weighted by molar-refractivity contribution is 14.0. The summed E-state index contributed by atoms with van der Waals surface area (Å²) >= 11 is 1.81. The van der Waals surface area contributed by atoms with Crippen LogP contribution in [0.1, 0.15) is 23.4 Å². The summed E-state index contributed by atoms with van der Waals surface area (Å²) in [4.78, 5) is 13.3. The van der Waals surface area contributed by atoms with E-state index in [2.05, 4.69) is 69.2 Å². The Kier molecular flexibility index (Phi) is 9.51. The molecule has 8 heteroatoms. The van der Waals surface area contributed by atoms with Crippen molar-refractivity contribution in [2.24, 2.45) is 4.99 Å². The number of benzene rings is 1. The van der Waals surface area contributed by atoms with Crippen molar-refractivity contribution in [2.45, 2.75) is 19.5 Å². The molecular formula is C23H30IN5OS. The topological polar surface area (TPSA) is 61.8 Å². The molecule has 3 heterocycles. The maximum atomic E-state index is 5.55. The number of pyridine rings is 1. The van der Waals surface area contributed by atoms with Crippen molar-refractivity contribution in [1.82, 2.24) is 20.5 Å². The minimum atomic E-state index is 0. The van der Waals surface area contributed by atoms with Gasteiger partial charge in [0.25, 0.3) is 0 Å². The number of morpholine rings is 1. The highest BCUT2D eigenvalue weighted by Crippen LogP contribution is 2.25. The van der Waals surface area contributed by atoms with Gasteiger partial charge < -0.3 is 15.4 Å². The monoisotopic (exact) mass is 551 g/mol. The fraction of sp³-hybridized carbons (Fsp3) is 0.391. The van der Waals surface area contributed by atoms with Crippen molar-refractivity contribution in [3.63, 3.8) is 0 Å². The minimum absolute atomic E-state index is 0. The molecule has 4 rings (SSSR count). The SMILES string of the molecule is CCNC(=NCc1cccc2cccnc12)NCC(c1cccs1)N1CCOCC1.I. The van der Waals surface area contributed by atoms with Crippen LogP contribution in [0.15, 0.2) is 59.0 Å². The lowest BCUT2D eigenvalue weighted by Gasteiger charge is -2.34. The lowest BCUT2D eigenvalue weighted by atomic mass is 10.1. The fourth-order valence-electron chi connectivity index (χ4n) is 3.77. The van der Waals surface area contributed by atoms with Crippen molar-refractivity contribution in [2.75, 3.05) is 39.4 Å². The highest BCUT2D eigenvalue weighted by Gasteiger charge is 2.23. The molecule has 0 amide bonds. The van der Waals surface area contributed by atoms with Gasteiger partial charge in [-0.05, 0) is 30.0 Å². The molecule has 0 spiro atoms. The Morgan fingerprint density at radius 1 is 1.16 bits per heavy atom. The van der Waals surface area contributed by atoms with Crippen molar-refractivity contribution in [3.8, 4) is 0 Å². The molecule has 0 bridgehead atoms. The van der Waals surface area contributed by atoms with Crippen molar-refractivity contribution >= 4 is 52.2 Å². The third-order valence-electron chi connectivity index (χ3n) is 5.29. The average molecular weight is 551 g/mol. The molecule has 166 valence electrons. The normalized spacial score (nSPS) is 16.0. The first-order valence-corrected chi connectivity index (χ1v) is 11.4. The molecule has 0 radical (unpaired) electrons. The van der Waals surface area contributed by atoms with Crippen LogP contribution in [0.2, 0.25) is 0 Å². The summed E-state index contributed by atoms with van der Waals surface area (Å²) in [7, 11) is 0. The Bertz CT molecular complexity index is 954. The number of guanidine groups is 1. The lowest BCUT2D eigenvalue weighted by molar-refractivity contribution is 0.0177. The van der Waals surface area contributed by atoms with E-state index in [4.69, 9.17) is 9.73 Å². The lowest BCUT2D eigenvalue weighted by Crippen LogP contribution is -2.46. The Labute approximate surface area is 205 Å². The van der Waals surface area contributed by atoms with Crippen LogP contribution in [0.3, 0.4) is 0 Å². The van der Waals surface area contributed by atoms with E-state index < -0.39 is 0 Å². The number of hydrogen-bond acceptors (Lipinski definition) is 5. The van der Waals surface area contributed by atoms with Gasteiger partial charge in [-0.1, -0.05) is 30.3 Å². The number of nitrogens with zero attached hydrogens (tertiary/aromatic N) is 3. The van der Waals surface area contributed by atoms with Crippen LogP contribution in [-0.4, -0.2) is 55.2 Å². The summed E-state index contributed by atoms with van der Waals surface area (Å²) in [6, 6.07) is 15.0. The predicted molar refractivity (Wildman–Crippen MR) is 139 cm³/mol. The maximum Gasteiger partial charge on any atom is 0.191 e. The second-order valence-corrected chi connectivity index (χ2v) is 8.23. The second-order valence-electron chi connectivity index (χ2n) is 7.25. The first-order valence-electron chi connectivity index (χ1n) is 10.5.